The summed E-state index contributed by atoms with van der Waals surface area (Å²) in [6.45, 7) is 0. The van der Waals surface area contributed by atoms with Crippen LogP contribution in [0.25, 0.3) is 6.08 Å². The summed E-state index contributed by atoms with van der Waals surface area (Å²) in [6.07, 6.45) is 4.52. The Hall–Kier alpha value is -2.56. The summed E-state index contributed by atoms with van der Waals surface area (Å²) in [5.74, 6) is 0.605. The van der Waals surface area contributed by atoms with Gasteiger partial charge in [0, 0.05) is 6.08 Å². The first-order valence-electron chi connectivity index (χ1n) is 4.93. The van der Waals surface area contributed by atoms with Crippen molar-refractivity contribution in [1.29, 1.82) is 0 Å². The molecule has 0 saturated carbocycles. The Morgan fingerprint density at radius 3 is 2.65 bits per heavy atom. The Labute approximate surface area is 96.0 Å². The summed E-state index contributed by atoms with van der Waals surface area (Å²) in [6, 6.07) is 6.81. The first-order valence-corrected chi connectivity index (χ1v) is 4.93. The van der Waals surface area contributed by atoms with E-state index in [9.17, 15) is 4.79 Å². The van der Waals surface area contributed by atoms with Gasteiger partial charge in [0.1, 0.15) is 5.76 Å². The van der Waals surface area contributed by atoms with Crippen LogP contribution in [0.15, 0.2) is 56.3 Å². The minimum atomic E-state index is -0.521. The maximum Gasteiger partial charge on any atom is 0.364 e. The molecule has 0 amide bonds. The van der Waals surface area contributed by atoms with Crippen LogP contribution in [0.2, 0.25) is 0 Å². The van der Waals surface area contributed by atoms with Crippen molar-refractivity contribution < 1.29 is 18.4 Å². The van der Waals surface area contributed by atoms with Crippen molar-refractivity contribution >= 4 is 17.9 Å². The van der Waals surface area contributed by atoms with Crippen LogP contribution in [0, 0.1) is 0 Å². The molecule has 0 fully saturated rings. The molecule has 0 N–H and O–H groups in total. The van der Waals surface area contributed by atoms with E-state index in [1.54, 1.807) is 24.3 Å². The predicted molar refractivity (Wildman–Crippen MR) is 58.0 cm³/mol. The number of ether oxygens (including phenoxy) is 1. The van der Waals surface area contributed by atoms with Gasteiger partial charge in [-0.15, -0.1) is 0 Å². The van der Waals surface area contributed by atoms with Crippen molar-refractivity contribution in [1.82, 2.24) is 0 Å². The van der Waals surface area contributed by atoms with E-state index >= 15 is 0 Å². The van der Waals surface area contributed by atoms with Crippen LogP contribution >= 0.6 is 0 Å². The molecule has 0 aromatic carbocycles. The first-order chi connectivity index (χ1) is 8.33. The Morgan fingerprint density at radius 1 is 1.12 bits per heavy atom. The number of carbonyl (C=O) groups excluding carboxylic acids is 1. The van der Waals surface area contributed by atoms with Crippen LogP contribution < -0.4 is 0 Å². The van der Waals surface area contributed by atoms with Gasteiger partial charge in [-0.3, -0.25) is 0 Å². The molecule has 5 heteroatoms. The van der Waals surface area contributed by atoms with E-state index < -0.39 is 5.97 Å². The molecule has 1 aliphatic rings. The lowest BCUT2D eigenvalue weighted by Gasteiger charge is -1.91. The summed E-state index contributed by atoms with van der Waals surface area (Å²) in [5.41, 5.74) is 0.186. The fraction of sp³-hybridized carbons (Fsp3) is 0. The number of rotatable bonds is 2. The highest BCUT2D eigenvalue weighted by atomic mass is 16.6. The molecule has 1 aliphatic heterocycles. The molecular weight excluding hydrogens is 222 g/mol. The molecule has 17 heavy (non-hydrogen) atoms. The lowest BCUT2D eigenvalue weighted by Crippen LogP contribution is -2.04. The molecule has 3 rings (SSSR count). The number of carbonyl (C=O) groups is 1. The number of furan rings is 2. The van der Waals surface area contributed by atoms with E-state index in [0.717, 1.165) is 0 Å². The Morgan fingerprint density at radius 2 is 1.94 bits per heavy atom. The van der Waals surface area contributed by atoms with E-state index in [-0.39, 0.29) is 11.6 Å². The van der Waals surface area contributed by atoms with Crippen molar-refractivity contribution in [2.45, 2.75) is 0 Å². The number of esters is 1. The maximum absolute atomic E-state index is 11.5. The zero-order chi connectivity index (χ0) is 11.7. The van der Waals surface area contributed by atoms with Crippen molar-refractivity contribution in [2.75, 3.05) is 0 Å². The van der Waals surface area contributed by atoms with E-state index in [1.807, 2.05) is 0 Å². The average Bonchev–Trinajstić information content (AvgIpc) is 3.02. The standard InChI is InChI=1S/C12H7NO4/c14-12-9(7-8-3-1-5-15-8)13-11(17-12)10-4-2-6-16-10/h1-7H. The van der Waals surface area contributed by atoms with Gasteiger partial charge in [0.2, 0.25) is 0 Å². The Bertz CT molecular complexity index is 591. The zero-order valence-corrected chi connectivity index (χ0v) is 8.62. The van der Waals surface area contributed by atoms with Gasteiger partial charge in [-0.05, 0) is 24.3 Å². The summed E-state index contributed by atoms with van der Waals surface area (Å²) in [4.78, 5) is 15.6. The number of hydrogen-bond donors (Lipinski definition) is 0. The number of nitrogens with zero attached hydrogens (tertiary/aromatic N) is 1. The van der Waals surface area contributed by atoms with Gasteiger partial charge in [0.25, 0.3) is 5.90 Å². The molecule has 0 bridgehead atoms. The quantitative estimate of drug-likeness (QED) is 0.585. The highest BCUT2D eigenvalue weighted by Gasteiger charge is 2.25. The molecule has 0 radical (unpaired) electrons. The van der Waals surface area contributed by atoms with Gasteiger partial charge in [0.05, 0.1) is 12.5 Å². The monoisotopic (exact) mass is 229 g/mol. The number of hydrogen-bond acceptors (Lipinski definition) is 5. The van der Waals surface area contributed by atoms with Gasteiger partial charge >= 0.3 is 5.97 Å². The van der Waals surface area contributed by atoms with Crippen LogP contribution in [-0.4, -0.2) is 11.9 Å². The second kappa shape index (κ2) is 3.79. The third kappa shape index (κ3) is 1.78. The highest BCUT2D eigenvalue weighted by molar-refractivity contribution is 6.11. The largest absolute Gasteiger partial charge is 0.465 e. The molecule has 5 nitrogen and oxygen atoms in total. The number of aliphatic imine (C=N–C) groups is 1. The van der Waals surface area contributed by atoms with Crippen LogP contribution in [0.5, 0.6) is 0 Å². The third-order valence-corrected chi connectivity index (χ3v) is 2.17. The van der Waals surface area contributed by atoms with E-state index in [4.69, 9.17) is 13.6 Å². The molecule has 2 aromatic rings. The van der Waals surface area contributed by atoms with Crippen molar-refractivity contribution in [3.63, 3.8) is 0 Å². The smallest absolute Gasteiger partial charge is 0.364 e. The molecule has 0 unspecified atom stereocenters. The fourth-order valence-electron chi connectivity index (χ4n) is 1.42. The van der Waals surface area contributed by atoms with Gasteiger partial charge in [0.15, 0.2) is 11.5 Å². The minimum Gasteiger partial charge on any atom is -0.465 e. The first kappa shape index (κ1) is 9.65. The minimum absolute atomic E-state index is 0.165. The molecule has 0 aliphatic carbocycles. The van der Waals surface area contributed by atoms with Crippen molar-refractivity contribution in [2.24, 2.45) is 4.99 Å². The van der Waals surface area contributed by atoms with E-state index in [1.165, 1.54) is 18.6 Å². The lowest BCUT2D eigenvalue weighted by molar-refractivity contribution is -0.130. The second-order valence-electron chi connectivity index (χ2n) is 3.33. The molecule has 0 saturated heterocycles. The predicted octanol–water partition coefficient (Wildman–Crippen LogP) is 2.22. The maximum atomic E-state index is 11.5. The topological polar surface area (TPSA) is 64.9 Å². The summed E-state index contributed by atoms with van der Waals surface area (Å²) in [7, 11) is 0. The molecule has 84 valence electrons. The zero-order valence-electron chi connectivity index (χ0n) is 8.62. The van der Waals surface area contributed by atoms with E-state index in [0.29, 0.717) is 11.5 Å². The lowest BCUT2D eigenvalue weighted by atomic mass is 10.3. The summed E-state index contributed by atoms with van der Waals surface area (Å²) < 4.78 is 15.2. The Kier molecular flexibility index (Phi) is 2.15. The van der Waals surface area contributed by atoms with Gasteiger partial charge < -0.3 is 13.6 Å². The SMILES string of the molecule is O=C1OC(c2ccco2)=NC1=Cc1ccco1. The van der Waals surface area contributed by atoms with Gasteiger partial charge in [-0.25, -0.2) is 9.79 Å². The molecule has 2 aromatic heterocycles. The average molecular weight is 229 g/mol. The van der Waals surface area contributed by atoms with Gasteiger partial charge in [-0.1, -0.05) is 0 Å². The molecule has 0 spiro atoms. The van der Waals surface area contributed by atoms with Gasteiger partial charge in [-0.2, -0.15) is 0 Å². The van der Waals surface area contributed by atoms with Crippen LogP contribution in [0.4, 0.5) is 0 Å². The fourth-order valence-corrected chi connectivity index (χ4v) is 1.42. The second-order valence-corrected chi connectivity index (χ2v) is 3.33. The van der Waals surface area contributed by atoms with Crippen molar-refractivity contribution in [3.05, 3.63) is 54.0 Å². The normalized spacial score (nSPS) is 17.3. The van der Waals surface area contributed by atoms with Crippen LogP contribution in [0.3, 0.4) is 0 Å². The third-order valence-electron chi connectivity index (χ3n) is 2.17. The summed E-state index contributed by atoms with van der Waals surface area (Å²) in [5, 5.41) is 0. The van der Waals surface area contributed by atoms with Crippen LogP contribution in [0.1, 0.15) is 11.5 Å². The Balaban J connectivity index is 1.95. The van der Waals surface area contributed by atoms with E-state index in [2.05, 4.69) is 4.99 Å². The van der Waals surface area contributed by atoms with Crippen molar-refractivity contribution in [3.8, 4) is 0 Å². The number of cyclic esters (lactones) is 1. The molecule has 0 atom stereocenters. The summed E-state index contributed by atoms with van der Waals surface area (Å²) >= 11 is 0. The highest BCUT2D eigenvalue weighted by Crippen LogP contribution is 2.19. The molecular formula is C12H7NO4. The van der Waals surface area contributed by atoms with Crippen LogP contribution in [-0.2, 0) is 9.53 Å². The molecule has 3 heterocycles.